The minimum atomic E-state index is -0.527. The number of nitrogens with one attached hydrogen (secondary N) is 4. The number of aromatic nitrogens is 1. The van der Waals surface area contributed by atoms with Crippen molar-refractivity contribution >= 4 is 35.4 Å². The van der Waals surface area contributed by atoms with Crippen molar-refractivity contribution in [1.29, 1.82) is 10.7 Å². The number of benzene rings is 1. The maximum atomic E-state index is 14.5. The van der Waals surface area contributed by atoms with Gasteiger partial charge in [0.05, 0.1) is 17.5 Å². The summed E-state index contributed by atoms with van der Waals surface area (Å²) in [6.45, 7) is 6.16. The lowest BCUT2D eigenvalue weighted by Gasteiger charge is -2.30. The fraction of sp³-hybridized carbons (Fsp3) is 0.391. The normalized spacial score (nSPS) is 17.8. The molecule has 7 nitrogen and oxygen atoms in total. The van der Waals surface area contributed by atoms with Crippen LogP contribution >= 0.6 is 0 Å². The van der Waals surface area contributed by atoms with Crippen LogP contribution in [0, 0.1) is 28.5 Å². The van der Waals surface area contributed by atoms with Crippen molar-refractivity contribution in [3.63, 3.8) is 0 Å². The average molecular weight is 424 g/mol. The Balaban J connectivity index is 0.00000166. The predicted octanol–water partition coefficient (Wildman–Crippen LogP) is 5.90. The summed E-state index contributed by atoms with van der Waals surface area (Å²) in [5.74, 6) is 0.373. The Morgan fingerprint density at radius 3 is 2.65 bits per heavy atom. The van der Waals surface area contributed by atoms with E-state index in [1.165, 1.54) is 18.7 Å². The summed E-state index contributed by atoms with van der Waals surface area (Å²) in [7, 11) is 0. The van der Waals surface area contributed by atoms with E-state index in [2.05, 4.69) is 33.1 Å². The highest BCUT2D eigenvalue weighted by Crippen LogP contribution is 2.29. The molecule has 0 bridgehead atoms. The minimum absolute atomic E-state index is 0.130. The molecule has 1 fully saturated rings. The maximum Gasteiger partial charge on any atom is 0.166 e. The summed E-state index contributed by atoms with van der Waals surface area (Å²) in [6, 6.07) is 10.6. The van der Waals surface area contributed by atoms with Crippen molar-refractivity contribution in [3.8, 4) is 6.07 Å². The lowest BCUT2D eigenvalue weighted by molar-refractivity contribution is 0.348. The zero-order valence-electron chi connectivity index (χ0n) is 18.2. The van der Waals surface area contributed by atoms with Crippen molar-refractivity contribution in [2.45, 2.75) is 52.5 Å². The number of hydrogen-bond acceptors (Lipinski definition) is 7. The van der Waals surface area contributed by atoms with Gasteiger partial charge in [0.25, 0.3) is 0 Å². The van der Waals surface area contributed by atoms with Gasteiger partial charge < -0.3 is 16.0 Å². The van der Waals surface area contributed by atoms with E-state index in [1.54, 1.807) is 6.07 Å². The van der Waals surface area contributed by atoms with Gasteiger partial charge in [-0.1, -0.05) is 39.7 Å². The topological polar surface area (TPSA) is 109 Å². The molecule has 3 rings (SSSR count). The zero-order chi connectivity index (χ0) is 22.6. The first-order valence-corrected chi connectivity index (χ1v) is 10.6. The van der Waals surface area contributed by atoms with E-state index in [4.69, 9.17) is 5.41 Å². The minimum Gasteiger partial charge on any atom is -0.365 e. The van der Waals surface area contributed by atoms with Gasteiger partial charge in [-0.3, -0.25) is 5.43 Å². The molecule has 1 saturated carbocycles. The SMILES string of the molecule is CC.CC1CCCCC1Nc1nc(Nc2cccc(N/N=C\C=N)c2)c(C#N)cc1F. The smallest absolute Gasteiger partial charge is 0.166 e. The largest absolute Gasteiger partial charge is 0.365 e. The third-order valence-corrected chi connectivity index (χ3v) is 5.00. The highest BCUT2D eigenvalue weighted by atomic mass is 19.1. The Morgan fingerprint density at radius 1 is 1.19 bits per heavy atom. The van der Waals surface area contributed by atoms with Gasteiger partial charge in [0, 0.05) is 17.9 Å². The Bertz CT molecular complexity index is 936. The number of hydrazone groups is 1. The molecule has 2 unspecified atom stereocenters. The Morgan fingerprint density at radius 2 is 1.94 bits per heavy atom. The van der Waals surface area contributed by atoms with Crippen LogP contribution < -0.4 is 16.1 Å². The summed E-state index contributed by atoms with van der Waals surface area (Å²) >= 11 is 0. The molecule has 164 valence electrons. The monoisotopic (exact) mass is 423 g/mol. The number of nitrogens with zero attached hydrogens (tertiary/aromatic N) is 3. The quantitative estimate of drug-likeness (QED) is 0.327. The molecule has 1 heterocycles. The highest BCUT2D eigenvalue weighted by Gasteiger charge is 2.23. The van der Waals surface area contributed by atoms with E-state index in [0.717, 1.165) is 25.5 Å². The molecule has 0 aliphatic heterocycles. The van der Waals surface area contributed by atoms with Gasteiger partial charge in [0.15, 0.2) is 17.5 Å². The van der Waals surface area contributed by atoms with Crippen LogP contribution in [0.1, 0.15) is 52.0 Å². The van der Waals surface area contributed by atoms with E-state index in [1.807, 2.05) is 38.1 Å². The molecular formula is C23H30FN7. The van der Waals surface area contributed by atoms with E-state index in [9.17, 15) is 9.65 Å². The van der Waals surface area contributed by atoms with Crippen LogP contribution in [0.25, 0.3) is 0 Å². The van der Waals surface area contributed by atoms with E-state index >= 15 is 0 Å². The van der Waals surface area contributed by atoms with Crippen LogP contribution in [0.3, 0.4) is 0 Å². The van der Waals surface area contributed by atoms with Crippen molar-refractivity contribution in [1.82, 2.24) is 4.98 Å². The second-order valence-corrected chi connectivity index (χ2v) is 7.10. The lowest BCUT2D eigenvalue weighted by Crippen LogP contribution is -2.31. The second kappa shape index (κ2) is 12.3. The van der Waals surface area contributed by atoms with Crippen molar-refractivity contribution in [2.75, 3.05) is 16.1 Å². The average Bonchev–Trinajstić information content (AvgIpc) is 2.79. The van der Waals surface area contributed by atoms with Crippen molar-refractivity contribution < 1.29 is 4.39 Å². The molecule has 0 spiro atoms. The molecule has 1 aromatic heterocycles. The van der Waals surface area contributed by atoms with Gasteiger partial charge in [0.2, 0.25) is 0 Å². The third-order valence-electron chi connectivity index (χ3n) is 5.00. The summed E-state index contributed by atoms with van der Waals surface area (Å²) < 4.78 is 14.5. The molecular weight excluding hydrogens is 393 g/mol. The first-order chi connectivity index (χ1) is 15.1. The number of nitriles is 1. The molecule has 0 radical (unpaired) electrons. The van der Waals surface area contributed by atoms with Crippen LogP contribution in [0.4, 0.5) is 27.4 Å². The second-order valence-electron chi connectivity index (χ2n) is 7.10. The van der Waals surface area contributed by atoms with E-state index in [0.29, 0.717) is 23.1 Å². The van der Waals surface area contributed by atoms with Gasteiger partial charge in [-0.25, -0.2) is 9.37 Å². The van der Waals surface area contributed by atoms with Crippen LogP contribution in [-0.4, -0.2) is 23.5 Å². The van der Waals surface area contributed by atoms with Crippen LogP contribution in [-0.2, 0) is 0 Å². The number of pyridine rings is 1. The van der Waals surface area contributed by atoms with Crippen molar-refractivity contribution in [3.05, 3.63) is 41.7 Å². The Labute approximate surface area is 183 Å². The van der Waals surface area contributed by atoms with Gasteiger partial charge in [-0.15, -0.1) is 0 Å². The molecule has 2 aromatic rings. The molecule has 4 N–H and O–H groups in total. The molecule has 2 atom stereocenters. The maximum absolute atomic E-state index is 14.5. The van der Waals surface area contributed by atoms with E-state index < -0.39 is 5.82 Å². The highest BCUT2D eigenvalue weighted by molar-refractivity contribution is 6.14. The standard InChI is InChI=1S/C21H24FN7.C2H6/c1-14-5-2-3-8-19(14)27-21-18(22)11-15(13-24)20(28-21)26-16-6-4-7-17(12-16)29-25-10-9-23;1-2/h4,6-7,9-12,14,19,23,29H,2-3,5,8H2,1H3,(H2,26,27,28);1-2H3/b23-9?,25-10-;. The molecule has 0 amide bonds. The number of rotatable bonds is 7. The zero-order valence-corrected chi connectivity index (χ0v) is 18.2. The Kier molecular flexibility index (Phi) is 9.43. The molecule has 8 heteroatoms. The summed E-state index contributed by atoms with van der Waals surface area (Å²) in [5, 5.41) is 26.5. The van der Waals surface area contributed by atoms with Crippen molar-refractivity contribution in [2.24, 2.45) is 11.0 Å². The van der Waals surface area contributed by atoms with Gasteiger partial charge in [-0.2, -0.15) is 10.4 Å². The van der Waals surface area contributed by atoms with Gasteiger partial charge in [-0.05, 0) is 43.0 Å². The number of anilines is 4. The first kappa shape index (κ1) is 23.8. The molecule has 31 heavy (non-hydrogen) atoms. The summed E-state index contributed by atoms with van der Waals surface area (Å²) in [4.78, 5) is 4.37. The third kappa shape index (κ3) is 6.78. The summed E-state index contributed by atoms with van der Waals surface area (Å²) in [6.07, 6.45) is 6.79. The van der Waals surface area contributed by atoms with Crippen LogP contribution in [0.15, 0.2) is 35.4 Å². The first-order valence-electron chi connectivity index (χ1n) is 10.6. The van der Waals surface area contributed by atoms with Gasteiger partial charge in [0.1, 0.15) is 6.07 Å². The van der Waals surface area contributed by atoms with Crippen LogP contribution in [0.5, 0.6) is 0 Å². The van der Waals surface area contributed by atoms with E-state index in [-0.39, 0.29) is 17.4 Å². The number of hydrogen-bond donors (Lipinski definition) is 4. The predicted molar refractivity (Wildman–Crippen MR) is 126 cm³/mol. The molecule has 1 aliphatic rings. The molecule has 0 saturated heterocycles. The Hall–Kier alpha value is -3.47. The fourth-order valence-corrected chi connectivity index (χ4v) is 3.43. The van der Waals surface area contributed by atoms with Crippen LogP contribution in [0.2, 0.25) is 0 Å². The van der Waals surface area contributed by atoms with Gasteiger partial charge >= 0.3 is 0 Å². The lowest BCUT2D eigenvalue weighted by atomic mass is 9.86. The molecule has 1 aliphatic carbocycles. The number of halogens is 1. The fourth-order valence-electron chi connectivity index (χ4n) is 3.43. The summed E-state index contributed by atoms with van der Waals surface area (Å²) in [5.41, 5.74) is 4.30. The molecule has 1 aromatic carbocycles.